The van der Waals surface area contributed by atoms with E-state index < -0.39 is 0 Å². The lowest BCUT2D eigenvalue weighted by Gasteiger charge is -2.07. The second-order valence-corrected chi connectivity index (χ2v) is 6.88. The summed E-state index contributed by atoms with van der Waals surface area (Å²) < 4.78 is 11.3. The van der Waals surface area contributed by atoms with Gasteiger partial charge in [0.1, 0.15) is 5.75 Å². The molecule has 2 heterocycles. The summed E-state index contributed by atoms with van der Waals surface area (Å²) in [5.41, 5.74) is 0.974. The Labute approximate surface area is 153 Å². The third-order valence-corrected chi connectivity index (χ3v) is 4.89. The van der Waals surface area contributed by atoms with Crippen molar-refractivity contribution in [2.45, 2.75) is 45.1 Å². The first kappa shape index (κ1) is 17.0. The molecular formula is C21H25N3O2. The molecule has 26 heavy (non-hydrogen) atoms. The summed E-state index contributed by atoms with van der Waals surface area (Å²) in [5.74, 6) is 2.26. The molecule has 5 heteroatoms. The van der Waals surface area contributed by atoms with Crippen LogP contribution in [0, 0.1) is 0 Å². The van der Waals surface area contributed by atoms with Crippen LogP contribution in [0.2, 0.25) is 0 Å². The molecule has 0 amide bonds. The van der Waals surface area contributed by atoms with Crippen molar-refractivity contribution in [1.29, 1.82) is 0 Å². The minimum Gasteiger partial charge on any atom is -0.494 e. The van der Waals surface area contributed by atoms with Gasteiger partial charge in [0.05, 0.1) is 12.6 Å². The molecule has 1 aromatic heterocycles. The molecule has 0 spiro atoms. The van der Waals surface area contributed by atoms with Gasteiger partial charge in [-0.2, -0.15) is 4.98 Å². The highest BCUT2D eigenvalue weighted by atomic mass is 16.5. The fourth-order valence-corrected chi connectivity index (χ4v) is 3.38. The topological polar surface area (TPSA) is 60.2 Å². The van der Waals surface area contributed by atoms with Crippen LogP contribution in [0.25, 0.3) is 22.2 Å². The summed E-state index contributed by atoms with van der Waals surface area (Å²) in [7, 11) is 0. The van der Waals surface area contributed by atoms with E-state index in [0.717, 1.165) is 54.5 Å². The average molecular weight is 351 g/mol. The van der Waals surface area contributed by atoms with Gasteiger partial charge in [-0.25, -0.2) is 0 Å². The molecule has 0 saturated carbocycles. The van der Waals surface area contributed by atoms with Crippen LogP contribution >= 0.6 is 0 Å². The second-order valence-electron chi connectivity index (χ2n) is 6.88. The quantitative estimate of drug-likeness (QED) is 0.615. The van der Waals surface area contributed by atoms with E-state index in [-0.39, 0.29) is 6.04 Å². The number of rotatable bonds is 7. The Bertz CT molecular complexity index is 869. The van der Waals surface area contributed by atoms with Crippen LogP contribution in [0.1, 0.15) is 51.0 Å². The molecule has 5 nitrogen and oxygen atoms in total. The number of nitrogens with zero attached hydrogens (tertiary/aromatic N) is 2. The van der Waals surface area contributed by atoms with Gasteiger partial charge in [-0.3, -0.25) is 0 Å². The van der Waals surface area contributed by atoms with Gasteiger partial charge >= 0.3 is 0 Å². The van der Waals surface area contributed by atoms with Gasteiger partial charge in [-0.1, -0.05) is 43.1 Å². The zero-order chi connectivity index (χ0) is 17.8. The fourth-order valence-electron chi connectivity index (χ4n) is 3.38. The number of ether oxygens (including phenoxy) is 1. The first-order valence-electron chi connectivity index (χ1n) is 9.57. The molecule has 3 aromatic rings. The maximum atomic E-state index is 5.84. The summed E-state index contributed by atoms with van der Waals surface area (Å²) >= 11 is 0. The number of hydrogen-bond donors (Lipinski definition) is 1. The Morgan fingerprint density at radius 2 is 2.04 bits per heavy atom. The lowest BCUT2D eigenvalue weighted by molar-refractivity contribution is 0.306. The van der Waals surface area contributed by atoms with Gasteiger partial charge < -0.3 is 14.6 Å². The van der Waals surface area contributed by atoms with E-state index in [1.807, 2.05) is 12.1 Å². The molecule has 136 valence electrons. The Kier molecular flexibility index (Phi) is 5.16. The SMILES string of the molecule is CCCCCOc1ccc2cc(-c3noc([C@@H]4CCCN4)n3)ccc2c1. The van der Waals surface area contributed by atoms with Crippen LogP contribution in [0.5, 0.6) is 5.75 Å². The van der Waals surface area contributed by atoms with Crippen molar-refractivity contribution in [1.82, 2.24) is 15.5 Å². The fraction of sp³-hybridized carbons (Fsp3) is 0.429. The molecule has 0 bridgehead atoms. The molecule has 1 N–H and O–H groups in total. The highest BCUT2D eigenvalue weighted by Crippen LogP contribution is 2.28. The molecule has 0 aliphatic carbocycles. The Balaban J connectivity index is 1.50. The van der Waals surface area contributed by atoms with Crippen molar-refractivity contribution in [3.63, 3.8) is 0 Å². The lowest BCUT2D eigenvalue weighted by atomic mass is 10.1. The Morgan fingerprint density at radius 3 is 2.88 bits per heavy atom. The van der Waals surface area contributed by atoms with Crippen molar-refractivity contribution in [2.24, 2.45) is 0 Å². The smallest absolute Gasteiger partial charge is 0.244 e. The monoisotopic (exact) mass is 351 g/mol. The number of fused-ring (bicyclic) bond motifs is 1. The van der Waals surface area contributed by atoms with Crippen molar-refractivity contribution in [3.8, 4) is 17.1 Å². The third-order valence-electron chi connectivity index (χ3n) is 4.89. The number of nitrogens with one attached hydrogen (secondary N) is 1. The first-order chi connectivity index (χ1) is 12.8. The summed E-state index contributed by atoms with van der Waals surface area (Å²) in [4.78, 5) is 4.58. The number of unbranched alkanes of at least 4 members (excludes halogenated alkanes) is 2. The molecular weight excluding hydrogens is 326 g/mol. The second kappa shape index (κ2) is 7.87. The van der Waals surface area contributed by atoms with Crippen molar-refractivity contribution in [2.75, 3.05) is 13.2 Å². The van der Waals surface area contributed by atoms with Crippen molar-refractivity contribution >= 4 is 10.8 Å². The molecule has 0 radical (unpaired) electrons. The van der Waals surface area contributed by atoms with Gasteiger partial charge in [0.25, 0.3) is 0 Å². The zero-order valence-electron chi connectivity index (χ0n) is 15.2. The Hall–Kier alpha value is -2.40. The molecule has 0 unspecified atom stereocenters. The minimum absolute atomic E-state index is 0.198. The van der Waals surface area contributed by atoms with E-state index in [4.69, 9.17) is 9.26 Å². The largest absolute Gasteiger partial charge is 0.494 e. The van der Waals surface area contributed by atoms with E-state index in [1.165, 1.54) is 12.8 Å². The van der Waals surface area contributed by atoms with E-state index >= 15 is 0 Å². The number of benzene rings is 2. The zero-order valence-corrected chi connectivity index (χ0v) is 15.2. The maximum absolute atomic E-state index is 5.84. The van der Waals surface area contributed by atoms with E-state index in [2.05, 4.69) is 46.6 Å². The van der Waals surface area contributed by atoms with Gasteiger partial charge in [0.15, 0.2) is 0 Å². The van der Waals surface area contributed by atoms with Gasteiger partial charge in [0.2, 0.25) is 11.7 Å². The average Bonchev–Trinajstić information content (AvgIpc) is 3.36. The molecule has 1 atom stereocenters. The predicted molar refractivity (Wildman–Crippen MR) is 102 cm³/mol. The normalized spacial score (nSPS) is 17.0. The Morgan fingerprint density at radius 1 is 1.15 bits per heavy atom. The van der Waals surface area contributed by atoms with Crippen LogP contribution in [-0.4, -0.2) is 23.3 Å². The first-order valence-corrected chi connectivity index (χ1v) is 9.57. The maximum Gasteiger partial charge on any atom is 0.244 e. The highest BCUT2D eigenvalue weighted by Gasteiger charge is 2.22. The standard InChI is InChI=1S/C21H25N3O2/c1-2-3-4-12-25-18-10-9-15-13-17(8-7-16(15)14-18)20-23-21(26-24-20)19-6-5-11-22-19/h7-10,13-14,19,22H,2-6,11-12H2,1H3/t19-/m0/s1. The molecule has 1 aliphatic rings. The molecule has 4 rings (SSSR count). The van der Waals surface area contributed by atoms with Gasteiger partial charge in [0, 0.05) is 5.56 Å². The summed E-state index contributed by atoms with van der Waals surface area (Å²) in [6.07, 6.45) is 5.73. The van der Waals surface area contributed by atoms with E-state index in [0.29, 0.717) is 11.7 Å². The minimum atomic E-state index is 0.198. The van der Waals surface area contributed by atoms with Crippen LogP contribution in [0.3, 0.4) is 0 Å². The molecule has 1 aliphatic heterocycles. The van der Waals surface area contributed by atoms with Crippen LogP contribution in [-0.2, 0) is 0 Å². The van der Waals surface area contributed by atoms with Gasteiger partial charge in [-0.05, 0) is 54.8 Å². The summed E-state index contributed by atoms with van der Waals surface area (Å²) in [5, 5.41) is 9.85. The number of hydrogen-bond acceptors (Lipinski definition) is 5. The van der Waals surface area contributed by atoms with Crippen molar-refractivity contribution < 1.29 is 9.26 Å². The molecule has 1 fully saturated rings. The van der Waals surface area contributed by atoms with Crippen LogP contribution in [0.15, 0.2) is 40.9 Å². The van der Waals surface area contributed by atoms with Crippen LogP contribution < -0.4 is 10.1 Å². The predicted octanol–water partition coefficient (Wildman–Crippen LogP) is 4.88. The summed E-state index contributed by atoms with van der Waals surface area (Å²) in [6.45, 7) is 3.99. The molecule has 1 saturated heterocycles. The summed E-state index contributed by atoms with van der Waals surface area (Å²) in [6, 6.07) is 12.6. The highest BCUT2D eigenvalue weighted by molar-refractivity contribution is 5.87. The van der Waals surface area contributed by atoms with E-state index in [1.54, 1.807) is 0 Å². The lowest BCUT2D eigenvalue weighted by Crippen LogP contribution is -2.12. The van der Waals surface area contributed by atoms with Gasteiger partial charge in [-0.15, -0.1) is 0 Å². The van der Waals surface area contributed by atoms with E-state index in [9.17, 15) is 0 Å². The number of aromatic nitrogens is 2. The van der Waals surface area contributed by atoms with Crippen molar-refractivity contribution in [3.05, 3.63) is 42.3 Å². The third kappa shape index (κ3) is 3.73. The van der Waals surface area contributed by atoms with Crippen LogP contribution in [0.4, 0.5) is 0 Å². The molecule has 2 aromatic carbocycles.